The van der Waals surface area contributed by atoms with Gasteiger partial charge in [0, 0.05) is 0 Å². The summed E-state index contributed by atoms with van der Waals surface area (Å²) in [5.74, 6) is 0. The fourth-order valence-electron chi connectivity index (χ4n) is 4.09. The summed E-state index contributed by atoms with van der Waals surface area (Å²) in [6.45, 7) is 2.35. The quantitative estimate of drug-likeness (QED) is 0.705. The van der Waals surface area contributed by atoms with Gasteiger partial charge < -0.3 is 9.47 Å². The molecule has 0 saturated carbocycles. The first kappa shape index (κ1) is 18.9. The van der Waals surface area contributed by atoms with Crippen LogP contribution in [0.25, 0.3) is 0 Å². The Morgan fingerprint density at radius 3 is 2.41 bits per heavy atom. The highest BCUT2D eigenvalue weighted by molar-refractivity contribution is 7.92. The maximum atomic E-state index is 13.3. The molecule has 2 saturated heterocycles. The van der Waals surface area contributed by atoms with Crippen LogP contribution in [0.15, 0.2) is 65.6 Å². The predicted octanol–water partition coefficient (Wildman–Crippen LogP) is 3.97. The van der Waals surface area contributed by atoms with Gasteiger partial charge in [0.1, 0.15) is 11.4 Å². The Balaban J connectivity index is 1.63. The van der Waals surface area contributed by atoms with Gasteiger partial charge in [-0.25, -0.2) is 8.42 Å². The van der Waals surface area contributed by atoms with Crippen LogP contribution in [0.4, 0.5) is 0 Å². The molecule has 2 fully saturated rings. The minimum atomic E-state index is -3.63. The van der Waals surface area contributed by atoms with Crippen LogP contribution in [0.2, 0.25) is 0 Å². The number of hydrogen-bond donors (Lipinski definition) is 0. The summed E-state index contributed by atoms with van der Waals surface area (Å²) in [6.07, 6.45) is 0.567. The normalized spacial score (nSPS) is 33.1. The molecule has 2 aromatic rings. The molecule has 0 aliphatic carbocycles. The molecule has 6 heteroatoms. The Morgan fingerprint density at radius 1 is 1.11 bits per heavy atom. The third-order valence-electron chi connectivity index (χ3n) is 5.66. The maximum Gasteiger partial charge on any atom is 0.185 e. The minimum Gasteiger partial charge on any atom is -0.369 e. The Labute approximate surface area is 165 Å². The lowest BCUT2D eigenvalue weighted by molar-refractivity contribution is -0.170. The highest BCUT2D eigenvalue weighted by Gasteiger charge is 2.60. The smallest absolute Gasteiger partial charge is 0.185 e. The van der Waals surface area contributed by atoms with E-state index in [4.69, 9.17) is 21.1 Å². The molecule has 144 valence electrons. The zero-order chi connectivity index (χ0) is 19.1. The number of alkyl halides is 1. The fourth-order valence-corrected chi connectivity index (χ4v) is 6.86. The lowest BCUT2D eigenvalue weighted by Crippen LogP contribution is -2.51. The van der Waals surface area contributed by atoms with Gasteiger partial charge in [-0.05, 0) is 37.5 Å². The number of benzene rings is 2. The molecule has 0 spiro atoms. The van der Waals surface area contributed by atoms with Gasteiger partial charge in [-0.15, -0.1) is 11.6 Å². The van der Waals surface area contributed by atoms with Crippen LogP contribution < -0.4 is 0 Å². The van der Waals surface area contributed by atoms with E-state index < -0.39 is 32.2 Å². The van der Waals surface area contributed by atoms with Crippen LogP contribution in [0.5, 0.6) is 0 Å². The van der Waals surface area contributed by atoms with Gasteiger partial charge in [-0.3, -0.25) is 0 Å². The Hall–Kier alpha value is -1.40. The molecule has 0 N–H and O–H groups in total. The van der Waals surface area contributed by atoms with Crippen molar-refractivity contribution in [2.75, 3.05) is 0 Å². The van der Waals surface area contributed by atoms with Crippen molar-refractivity contribution in [3.05, 3.63) is 66.2 Å². The van der Waals surface area contributed by atoms with Crippen molar-refractivity contribution in [2.24, 2.45) is 0 Å². The largest absolute Gasteiger partial charge is 0.369 e. The van der Waals surface area contributed by atoms with Crippen molar-refractivity contribution >= 4 is 21.4 Å². The monoisotopic (exact) mass is 406 g/mol. The molecule has 27 heavy (non-hydrogen) atoms. The van der Waals surface area contributed by atoms with Crippen molar-refractivity contribution in [3.63, 3.8) is 0 Å². The highest BCUT2D eigenvalue weighted by Crippen LogP contribution is 2.47. The number of ether oxygens (including phenoxy) is 2. The van der Waals surface area contributed by atoms with Gasteiger partial charge in [0.2, 0.25) is 0 Å². The molecule has 2 aliphatic heterocycles. The molecular formula is C21H23ClO4S. The third-order valence-corrected chi connectivity index (χ3v) is 8.55. The van der Waals surface area contributed by atoms with E-state index in [2.05, 4.69) is 0 Å². The van der Waals surface area contributed by atoms with Gasteiger partial charge in [0.05, 0.1) is 28.6 Å². The van der Waals surface area contributed by atoms with Crippen molar-refractivity contribution in [1.82, 2.24) is 0 Å². The van der Waals surface area contributed by atoms with Crippen LogP contribution in [0.3, 0.4) is 0 Å². The van der Waals surface area contributed by atoms with Crippen LogP contribution in [-0.2, 0) is 25.9 Å². The summed E-state index contributed by atoms with van der Waals surface area (Å²) in [5.41, 5.74) is 0.339. The zero-order valence-corrected chi connectivity index (χ0v) is 16.7. The topological polar surface area (TPSA) is 52.6 Å². The van der Waals surface area contributed by atoms with E-state index in [1.54, 1.807) is 30.3 Å². The molecule has 2 bridgehead atoms. The summed E-state index contributed by atoms with van der Waals surface area (Å²) < 4.78 is 39.0. The summed E-state index contributed by atoms with van der Waals surface area (Å²) in [6, 6.07) is 18.3. The molecule has 2 heterocycles. The molecule has 0 aromatic heterocycles. The SMILES string of the molecule is C[C@]1(OCc2ccccc2)CC[C@@H]2O[C@H]1[C@@H](S(=O)(=O)c1ccccc1)[C@@H]2Cl. The van der Waals surface area contributed by atoms with E-state index in [0.29, 0.717) is 13.0 Å². The average molecular weight is 407 g/mol. The molecule has 0 amide bonds. The van der Waals surface area contributed by atoms with Gasteiger partial charge in [0.25, 0.3) is 0 Å². The lowest BCUT2D eigenvalue weighted by Gasteiger charge is -2.40. The third kappa shape index (κ3) is 3.42. The van der Waals surface area contributed by atoms with Crippen LogP contribution in [-0.4, -0.2) is 36.9 Å². The second kappa shape index (κ2) is 7.21. The van der Waals surface area contributed by atoms with E-state index in [9.17, 15) is 8.42 Å². The second-order valence-corrected chi connectivity index (χ2v) is 10.1. The number of sulfone groups is 1. The standard InChI is InChI=1S/C21H23ClO4S/c1-21(25-14-15-8-4-2-5-9-15)13-12-17-18(22)19(20(21)26-17)27(23,24)16-10-6-3-7-11-16/h2-11,17-20H,12-14H2,1H3/t17-,18+,19-,20-,21-/m0/s1. The van der Waals surface area contributed by atoms with Crippen molar-refractivity contribution in [2.45, 2.75) is 59.7 Å². The molecule has 2 aromatic carbocycles. The minimum absolute atomic E-state index is 0.256. The molecule has 4 rings (SSSR count). The van der Waals surface area contributed by atoms with Gasteiger partial charge >= 0.3 is 0 Å². The molecule has 4 nitrogen and oxygen atoms in total. The Bertz CT molecular complexity index is 887. The maximum absolute atomic E-state index is 13.3. The van der Waals surface area contributed by atoms with Crippen molar-refractivity contribution in [3.8, 4) is 0 Å². The van der Waals surface area contributed by atoms with E-state index in [0.717, 1.165) is 12.0 Å². The summed E-state index contributed by atoms with van der Waals surface area (Å²) in [7, 11) is -3.63. The molecule has 2 aliphatic rings. The van der Waals surface area contributed by atoms with Gasteiger partial charge in [-0.2, -0.15) is 0 Å². The Kier molecular flexibility index (Phi) is 5.06. The van der Waals surface area contributed by atoms with Crippen LogP contribution >= 0.6 is 11.6 Å². The van der Waals surface area contributed by atoms with E-state index in [1.807, 2.05) is 37.3 Å². The number of halogens is 1. The van der Waals surface area contributed by atoms with Crippen molar-refractivity contribution < 1.29 is 17.9 Å². The Morgan fingerprint density at radius 2 is 1.74 bits per heavy atom. The molecule has 0 unspecified atom stereocenters. The molecule has 0 radical (unpaired) electrons. The zero-order valence-electron chi connectivity index (χ0n) is 15.1. The van der Waals surface area contributed by atoms with E-state index in [1.165, 1.54) is 0 Å². The first-order valence-electron chi connectivity index (χ1n) is 9.18. The second-order valence-electron chi connectivity index (χ2n) is 7.49. The predicted molar refractivity (Wildman–Crippen MR) is 105 cm³/mol. The van der Waals surface area contributed by atoms with Crippen LogP contribution in [0, 0.1) is 0 Å². The highest BCUT2D eigenvalue weighted by atomic mass is 35.5. The lowest BCUT2D eigenvalue weighted by atomic mass is 9.91. The summed E-state index contributed by atoms with van der Waals surface area (Å²) in [5, 5.41) is -1.41. The first-order chi connectivity index (χ1) is 12.9. The summed E-state index contributed by atoms with van der Waals surface area (Å²) in [4.78, 5) is 0.280. The number of hydrogen-bond acceptors (Lipinski definition) is 4. The number of fused-ring (bicyclic) bond motifs is 2. The van der Waals surface area contributed by atoms with Gasteiger partial charge in [0.15, 0.2) is 9.84 Å². The first-order valence-corrected chi connectivity index (χ1v) is 11.2. The van der Waals surface area contributed by atoms with Crippen molar-refractivity contribution in [1.29, 1.82) is 0 Å². The summed E-state index contributed by atoms with van der Waals surface area (Å²) >= 11 is 6.60. The van der Waals surface area contributed by atoms with E-state index >= 15 is 0 Å². The average Bonchev–Trinajstić information content (AvgIpc) is 2.99. The van der Waals surface area contributed by atoms with E-state index in [-0.39, 0.29) is 11.0 Å². The molecule has 5 atom stereocenters. The van der Waals surface area contributed by atoms with Crippen LogP contribution in [0.1, 0.15) is 25.3 Å². The fraction of sp³-hybridized carbons (Fsp3) is 0.429. The molecular weight excluding hydrogens is 384 g/mol. The van der Waals surface area contributed by atoms with Gasteiger partial charge in [-0.1, -0.05) is 48.5 Å². The number of rotatable bonds is 5.